The van der Waals surface area contributed by atoms with Gasteiger partial charge in [-0.3, -0.25) is 10.1 Å². The summed E-state index contributed by atoms with van der Waals surface area (Å²) in [5, 5.41) is 2.57. The molecule has 1 amide bonds. The molecule has 2 aromatic rings. The molecule has 1 N–H and O–H groups in total. The van der Waals surface area contributed by atoms with Crippen LogP contribution < -0.4 is 19.9 Å². The standard InChI is InChI=1S/C14H20N8O3S/c1-9(23)15-13-16-10(17-14(18-13)21(2)3)8-25-12-11(19-26-20-12)22-4-6-24-7-5-22/h4-8H2,1-3H3,(H,15,16,17,18,23). The maximum absolute atomic E-state index is 11.3. The van der Waals surface area contributed by atoms with Gasteiger partial charge in [0.1, 0.15) is 6.61 Å². The Balaban J connectivity index is 1.74. The Morgan fingerprint density at radius 2 is 2.04 bits per heavy atom. The summed E-state index contributed by atoms with van der Waals surface area (Å²) in [6.07, 6.45) is 0. The molecule has 0 aromatic carbocycles. The van der Waals surface area contributed by atoms with Gasteiger partial charge in [-0.25, -0.2) is 0 Å². The van der Waals surface area contributed by atoms with Gasteiger partial charge in [-0.15, -0.1) is 4.37 Å². The van der Waals surface area contributed by atoms with Gasteiger partial charge in [0.15, 0.2) is 5.82 Å². The van der Waals surface area contributed by atoms with Crippen molar-refractivity contribution < 1.29 is 14.3 Å². The summed E-state index contributed by atoms with van der Waals surface area (Å²) in [4.78, 5) is 27.8. The van der Waals surface area contributed by atoms with E-state index in [1.54, 1.807) is 19.0 Å². The van der Waals surface area contributed by atoms with Crippen molar-refractivity contribution in [2.75, 3.05) is 55.5 Å². The fraction of sp³-hybridized carbons (Fsp3) is 0.571. The third-order valence-corrected chi connectivity index (χ3v) is 3.95. The van der Waals surface area contributed by atoms with Crippen molar-refractivity contribution in [3.05, 3.63) is 5.82 Å². The van der Waals surface area contributed by atoms with Crippen LogP contribution in [0.2, 0.25) is 0 Å². The van der Waals surface area contributed by atoms with Crippen LogP contribution in [0.1, 0.15) is 12.7 Å². The molecule has 26 heavy (non-hydrogen) atoms. The lowest BCUT2D eigenvalue weighted by molar-refractivity contribution is -0.114. The van der Waals surface area contributed by atoms with Crippen molar-refractivity contribution in [3.63, 3.8) is 0 Å². The van der Waals surface area contributed by atoms with Crippen molar-refractivity contribution in [2.45, 2.75) is 13.5 Å². The van der Waals surface area contributed by atoms with Crippen molar-refractivity contribution >= 4 is 35.3 Å². The number of hydrogen-bond acceptors (Lipinski definition) is 11. The fourth-order valence-electron chi connectivity index (χ4n) is 2.25. The van der Waals surface area contributed by atoms with Crippen molar-refractivity contribution in [2.24, 2.45) is 0 Å². The minimum Gasteiger partial charge on any atom is -0.466 e. The van der Waals surface area contributed by atoms with Gasteiger partial charge in [-0.05, 0) is 0 Å². The Labute approximate surface area is 154 Å². The summed E-state index contributed by atoms with van der Waals surface area (Å²) in [6.45, 7) is 4.26. The maximum Gasteiger partial charge on any atom is 0.271 e. The summed E-state index contributed by atoms with van der Waals surface area (Å²) >= 11 is 1.09. The van der Waals surface area contributed by atoms with Crippen LogP contribution in [0.3, 0.4) is 0 Å². The van der Waals surface area contributed by atoms with E-state index >= 15 is 0 Å². The smallest absolute Gasteiger partial charge is 0.271 e. The number of hydrogen-bond donors (Lipinski definition) is 1. The molecule has 1 saturated heterocycles. The van der Waals surface area contributed by atoms with Crippen LogP contribution in [-0.2, 0) is 16.1 Å². The number of nitrogens with one attached hydrogen (secondary N) is 1. The van der Waals surface area contributed by atoms with Gasteiger partial charge in [0.25, 0.3) is 5.88 Å². The van der Waals surface area contributed by atoms with E-state index in [-0.39, 0.29) is 18.5 Å². The number of ether oxygens (including phenoxy) is 2. The van der Waals surface area contributed by atoms with E-state index < -0.39 is 0 Å². The Morgan fingerprint density at radius 3 is 2.73 bits per heavy atom. The SMILES string of the molecule is CC(=O)Nc1nc(COc2nsnc2N2CCOCC2)nc(N(C)C)n1. The Bertz CT molecular complexity index is 762. The fourth-order valence-corrected chi connectivity index (χ4v) is 2.77. The number of morpholine rings is 1. The predicted molar refractivity (Wildman–Crippen MR) is 95.7 cm³/mol. The first kappa shape index (κ1) is 18.2. The van der Waals surface area contributed by atoms with Crippen LogP contribution in [0.15, 0.2) is 0 Å². The zero-order valence-electron chi connectivity index (χ0n) is 14.8. The minimum atomic E-state index is -0.258. The van der Waals surface area contributed by atoms with Crippen LogP contribution in [-0.4, -0.2) is 70.0 Å². The monoisotopic (exact) mass is 380 g/mol. The zero-order valence-corrected chi connectivity index (χ0v) is 15.6. The first-order valence-electron chi connectivity index (χ1n) is 8.01. The Hall–Kier alpha value is -2.60. The van der Waals surface area contributed by atoms with Gasteiger partial charge in [0, 0.05) is 34.1 Å². The second-order valence-electron chi connectivity index (χ2n) is 5.73. The first-order chi connectivity index (χ1) is 12.5. The third-order valence-electron chi connectivity index (χ3n) is 3.45. The summed E-state index contributed by atoms with van der Waals surface area (Å²) in [5.41, 5.74) is 0. The molecule has 0 bridgehead atoms. The lowest BCUT2D eigenvalue weighted by Crippen LogP contribution is -2.36. The number of carbonyl (C=O) groups excluding carboxylic acids is 1. The summed E-state index contributed by atoms with van der Waals surface area (Å²) in [6, 6.07) is 0. The molecule has 1 aliphatic rings. The third kappa shape index (κ3) is 4.52. The molecule has 12 heteroatoms. The van der Waals surface area contributed by atoms with Crippen molar-refractivity contribution in [1.29, 1.82) is 0 Å². The number of nitrogens with zero attached hydrogens (tertiary/aromatic N) is 7. The molecule has 3 rings (SSSR count). The summed E-state index contributed by atoms with van der Waals surface area (Å²) < 4.78 is 19.7. The van der Waals surface area contributed by atoms with E-state index in [4.69, 9.17) is 9.47 Å². The molecule has 1 fully saturated rings. The number of amides is 1. The van der Waals surface area contributed by atoms with Gasteiger partial charge >= 0.3 is 0 Å². The highest BCUT2D eigenvalue weighted by Gasteiger charge is 2.20. The van der Waals surface area contributed by atoms with Crippen LogP contribution >= 0.6 is 11.7 Å². The van der Waals surface area contributed by atoms with E-state index in [9.17, 15) is 4.79 Å². The lowest BCUT2D eigenvalue weighted by Gasteiger charge is -2.26. The average molecular weight is 380 g/mol. The largest absolute Gasteiger partial charge is 0.466 e. The van der Waals surface area contributed by atoms with Crippen molar-refractivity contribution in [3.8, 4) is 5.88 Å². The van der Waals surface area contributed by atoms with E-state index in [2.05, 4.69) is 33.9 Å². The van der Waals surface area contributed by atoms with Gasteiger partial charge in [-0.1, -0.05) is 0 Å². The average Bonchev–Trinajstić information content (AvgIpc) is 3.08. The zero-order chi connectivity index (χ0) is 18.5. The normalized spacial score (nSPS) is 14.2. The molecule has 1 aliphatic heterocycles. The molecule has 0 saturated carbocycles. The first-order valence-corrected chi connectivity index (χ1v) is 8.74. The second kappa shape index (κ2) is 8.19. The Morgan fingerprint density at radius 1 is 1.27 bits per heavy atom. The molecule has 3 heterocycles. The second-order valence-corrected chi connectivity index (χ2v) is 6.26. The van der Waals surface area contributed by atoms with Crippen LogP contribution in [0, 0.1) is 0 Å². The van der Waals surface area contributed by atoms with Gasteiger partial charge in [-0.2, -0.15) is 19.3 Å². The molecule has 140 valence electrons. The highest BCUT2D eigenvalue weighted by molar-refractivity contribution is 6.99. The van der Waals surface area contributed by atoms with E-state index in [1.807, 2.05) is 0 Å². The number of carbonyl (C=O) groups is 1. The van der Waals surface area contributed by atoms with Gasteiger partial charge < -0.3 is 19.3 Å². The van der Waals surface area contributed by atoms with Crippen LogP contribution in [0.5, 0.6) is 5.88 Å². The lowest BCUT2D eigenvalue weighted by atomic mass is 10.4. The number of aromatic nitrogens is 5. The van der Waals surface area contributed by atoms with Crippen LogP contribution in [0.25, 0.3) is 0 Å². The molecule has 2 aromatic heterocycles. The molecule has 0 spiro atoms. The Kier molecular flexibility index (Phi) is 5.73. The highest BCUT2D eigenvalue weighted by Crippen LogP contribution is 2.26. The molecule has 0 unspecified atom stereocenters. The summed E-state index contributed by atoms with van der Waals surface area (Å²) in [5.74, 6) is 1.86. The molecular weight excluding hydrogens is 360 g/mol. The predicted octanol–water partition coefficient (Wildman–Crippen LogP) is 0.163. The van der Waals surface area contributed by atoms with Crippen LogP contribution in [0.4, 0.5) is 17.7 Å². The van der Waals surface area contributed by atoms with Gasteiger partial charge in [0.05, 0.1) is 24.9 Å². The topological polar surface area (TPSA) is 118 Å². The number of rotatable bonds is 6. The molecule has 0 aliphatic carbocycles. The van der Waals surface area contributed by atoms with E-state index in [0.29, 0.717) is 36.7 Å². The van der Waals surface area contributed by atoms with Crippen molar-refractivity contribution in [1.82, 2.24) is 23.7 Å². The van der Waals surface area contributed by atoms with E-state index in [0.717, 1.165) is 24.8 Å². The molecule has 0 radical (unpaired) electrons. The molecule has 11 nitrogen and oxygen atoms in total. The maximum atomic E-state index is 11.3. The quantitative estimate of drug-likeness (QED) is 0.742. The summed E-state index contributed by atoms with van der Waals surface area (Å²) in [7, 11) is 3.61. The highest BCUT2D eigenvalue weighted by atomic mass is 32.1. The molecular formula is C14H20N8O3S. The number of anilines is 3. The van der Waals surface area contributed by atoms with Gasteiger partial charge in [0.2, 0.25) is 23.6 Å². The van der Waals surface area contributed by atoms with E-state index in [1.165, 1.54) is 6.92 Å². The molecule has 0 atom stereocenters. The minimum absolute atomic E-state index is 0.0820.